The van der Waals surface area contributed by atoms with E-state index in [1.165, 1.54) is 18.7 Å². The Morgan fingerprint density at radius 1 is 1.21 bits per heavy atom. The number of ether oxygens (including phenoxy) is 2. The number of nitrogens with zero attached hydrogens (tertiary/aromatic N) is 3. The number of esters is 1. The topological polar surface area (TPSA) is 112 Å². The second-order valence-corrected chi connectivity index (χ2v) is 8.90. The van der Waals surface area contributed by atoms with Crippen LogP contribution in [0.4, 0.5) is 5.00 Å². The van der Waals surface area contributed by atoms with Gasteiger partial charge in [-0.2, -0.15) is 0 Å². The molecule has 1 N–H and O–H groups in total. The highest BCUT2D eigenvalue weighted by Gasteiger charge is 2.25. The lowest BCUT2D eigenvalue weighted by atomic mass is 10.1. The Bertz CT molecular complexity index is 1200. The Kier molecular flexibility index (Phi) is 7.88. The molecule has 0 unspecified atom stereocenters. The molecule has 3 aromatic rings. The molecule has 3 rings (SSSR count). The van der Waals surface area contributed by atoms with Crippen molar-refractivity contribution in [1.29, 1.82) is 0 Å². The Balaban J connectivity index is 1.75. The van der Waals surface area contributed by atoms with Crippen molar-refractivity contribution in [3.05, 3.63) is 40.3 Å². The number of ketones is 1. The predicted molar refractivity (Wildman–Crippen MR) is 127 cm³/mol. The van der Waals surface area contributed by atoms with E-state index in [2.05, 4.69) is 15.5 Å². The lowest BCUT2D eigenvalue weighted by molar-refractivity contribution is -0.113. The Morgan fingerprint density at radius 2 is 1.94 bits per heavy atom. The van der Waals surface area contributed by atoms with Crippen LogP contribution in [0.5, 0.6) is 5.75 Å². The number of hydrogen-bond acceptors (Lipinski definition) is 9. The zero-order valence-corrected chi connectivity index (χ0v) is 20.6. The number of carbonyl (C=O) groups excluding carboxylic acids is 3. The number of aromatic nitrogens is 3. The Labute approximate surface area is 199 Å². The van der Waals surface area contributed by atoms with E-state index in [-0.39, 0.29) is 29.6 Å². The van der Waals surface area contributed by atoms with Gasteiger partial charge in [-0.15, -0.1) is 21.5 Å². The fourth-order valence-corrected chi connectivity index (χ4v) is 5.00. The molecule has 33 heavy (non-hydrogen) atoms. The molecule has 0 spiro atoms. The second-order valence-electron chi connectivity index (χ2n) is 6.94. The van der Waals surface area contributed by atoms with Gasteiger partial charge in [0.2, 0.25) is 5.91 Å². The van der Waals surface area contributed by atoms with E-state index in [0.717, 1.165) is 16.9 Å². The summed E-state index contributed by atoms with van der Waals surface area (Å²) < 4.78 is 12.3. The average Bonchev–Trinajstić information content (AvgIpc) is 3.31. The normalized spacial score (nSPS) is 10.7. The van der Waals surface area contributed by atoms with Crippen molar-refractivity contribution in [3.63, 3.8) is 0 Å². The molecule has 0 saturated carbocycles. The van der Waals surface area contributed by atoms with Gasteiger partial charge in [-0.1, -0.05) is 23.9 Å². The van der Waals surface area contributed by atoms with Crippen LogP contribution in [0.1, 0.15) is 39.4 Å². The van der Waals surface area contributed by atoms with Gasteiger partial charge in [0, 0.05) is 7.05 Å². The van der Waals surface area contributed by atoms with E-state index in [1.807, 2.05) is 31.3 Å². The molecule has 0 atom stereocenters. The summed E-state index contributed by atoms with van der Waals surface area (Å²) >= 11 is 2.27. The van der Waals surface area contributed by atoms with Crippen molar-refractivity contribution in [3.8, 4) is 17.1 Å². The molecule has 1 aromatic carbocycles. The van der Waals surface area contributed by atoms with E-state index in [9.17, 15) is 14.4 Å². The molecule has 0 aliphatic carbocycles. The SMILES string of the molecule is CCOC(=O)c1c(NC(=O)CSc2nnc(-c3ccccc3OC)n2C)sc(C(C)=O)c1C. The summed E-state index contributed by atoms with van der Waals surface area (Å²) in [7, 11) is 3.40. The lowest BCUT2D eigenvalue weighted by Gasteiger charge is -2.08. The molecule has 0 fully saturated rings. The number of benzene rings is 1. The monoisotopic (exact) mass is 488 g/mol. The number of thiophene rings is 1. The maximum Gasteiger partial charge on any atom is 0.341 e. The van der Waals surface area contributed by atoms with Crippen LogP contribution >= 0.6 is 23.1 Å². The summed E-state index contributed by atoms with van der Waals surface area (Å²) in [6.07, 6.45) is 0. The van der Waals surface area contributed by atoms with E-state index >= 15 is 0 Å². The summed E-state index contributed by atoms with van der Waals surface area (Å²) in [4.78, 5) is 37.4. The highest BCUT2D eigenvalue weighted by Crippen LogP contribution is 2.34. The van der Waals surface area contributed by atoms with Crippen molar-refractivity contribution in [2.24, 2.45) is 7.05 Å². The van der Waals surface area contributed by atoms with E-state index in [1.54, 1.807) is 25.5 Å². The number of hydrogen-bond donors (Lipinski definition) is 1. The van der Waals surface area contributed by atoms with Crippen LogP contribution in [-0.2, 0) is 16.6 Å². The number of rotatable bonds is 9. The summed E-state index contributed by atoms with van der Waals surface area (Å²) in [5.74, 6) is 0.219. The average molecular weight is 489 g/mol. The van der Waals surface area contributed by atoms with Gasteiger partial charge in [0.1, 0.15) is 10.8 Å². The van der Waals surface area contributed by atoms with E-state index in [4.69, 9.17) is 9.47 Å². The summed E-state index contributed by atoms with van der Waals surface area (Å²) in [5, 5.41) is 12.0. The molecular formula is C22H24N4O5S2. The molecule has 174 valence electrons. The molecular weight excluding hydrogens is 464 g/mol. The largest absolute Gasteiger partial charge is 0.496 e. The fourth-order valence-electron chi connectivity index (χ4n) is 3.18. The number of amides is 1. The van der Waals surface area contributed by atoms with Crippen molar-refractivity contribution < 1.29 is 23.9 Å². The number of methoxy groups -OCH3 is 1. The van der Waals surface area contributed by atoms with Crippen LogP contribution in [0.3, 0.4) is 0 Å². The highest BCUT2D eigenvalue weighted by atomic mass is 32.2. The van der Waals surface area contributed by atoms with Crippen molar-refractivity contribution in [2.45, 2.75) is 25.9 Å². The third-order valence-corrected chi connectivity index (χ3v) is 7.04. The molecule has 0 aliphatic rings. The van der Waals surface area contributed by atoms with Crippen molar-refractivity contribution >= 4 is 45.8 Å². The number of anilines is 1. The van der Waals surface area contributed by atoms with Crippen molar-refractivity contribution in [1.82, 2.24) is 14.8 Å². The minimum atomic E-state index is -0.573. The molecule has 2 aromatic heterocycles. The first kappa shape index (κ1) is 24.5. The molecule has 2 heterocycles. The summed E-state index contributed by atoms with van der Waals surface area (Å²) in [5.41, 5.74) is 1.50. The number of nitrogens with one attached hydrogen (secondary N) is 1. The van der Waals surface area contributed by atoms with Crippen LogP contribution in [0.2, 0.25) is 0 Å². The molecule has 0 bridgehead atoms. The lowest BCUT2D eigenvalue weighted by Crippen LogP contribution is -2.16. The van der Waals surface area contributed by atoms with Gasteiger partial charge in [0.05, 0.1) is 35.5 Å². The number of carbonyl (C=O) groups is 3. The zero-order chi connectivity index (χ0) is 24.1. The molecule has 1 amide bonds. The van der Waals surface area contributed by atoms with Crippen LogP contribution in [-0.4, -0.2) is 51.9 Å². The summed E-state index contributed by atoms with van der Waals surface area (Å²) in [6.45, 7) is 4.97. The minimum absolute atomic E-state index is 0.0342. The van der Waals surface area contributed by atoms with Gasteiger partial charge in [-0.3, -0.25) is 9.59 Å². The van der Waals surface area contributed by atoms with Crippen LogP contribution in [0.15, 0.2) is 29.4 Å². The number of thioether (sulfide) groups is 1. The highest BCUT2D eigenvalue weighted by molar-refractivity contribution is 7.99. The van der Waals surface area contributed by atoms with Gasteiger partial charge < -0.3 is 19.4 Å². The zero-order valence-electron chi connectivity index (χ0n) is 18.9. The first-order valence-electron chi connectivity index (χ1n) is 10.0. The third kappa shape index (κ3) is 5.25. The first-order chi connectivity index (χ1) is 15.8. The Morgan fingerprint density at radius 3 is 2.61 bits per heavy atom. The van der Waals surface area contributed by atoms with Crippen LogP contribution < -0.4 is 10.1 Å². The van der Waals surface area contributed by atoms with Gasteiger partial charge >= 0.3 is 5.97 Å². The molecule has 0 aliphatic heterocycles. The van der Waals surface area contributed by atoms with Crippen molar-refractivity contribution in [2.75, 3.05) is 24.8 Å². The number of para-hydroxylation sites is 1. The quantitative estimate of drug-likeness (QED) is 0.274. The van der Waals surface area contributed by atoms with Crippen LogP contribution in [0.25, 0.3) is 11.4 Å². The second kappa shape index (κ2) is 10.6. The van der Waals surface area contributed by atoms with Crippen LogP contribution in [0, 0.1) is 6.92 Å². The van der Waals surface area contributed by atoms with E-state index < -0.39 is 5.97 Å². The van der Waals surface area contributed by atoms with Gasteiger partial charge in [-0.05, 0) is 38.5 Å². The van der Waals surface area contributed by atoms with Gasteiger partial charge in [0.15, 0.2) is 16.8 Å². The summed E-state index contributed by atoms with van der Waals surface area (Å²) in [6, 6.07) is 7.47. The third-order valence-electron chi connectivity index (χ3n) is 4.71. The predicted octanol–water partition coefficient (Wildman–Crippen LogP) is 3.97. The molecule has 11 heteroatoms. The maximum absolute atomic E-state index is 12.7. The Hall–Kier alpha value is -3.18. The minimum Gasteiger partial charge on any atom is -0.496 e. The molecule has 9 nitrogen and oxygen atoms in total. The molecule has 0 radical (unpaired) electrons. The maximum atomic E-state index is 12.7. The van der Waals surface area contributed by atoms with E-state index in [0.29, 0.717) is 32.2 Å². The first-order valence-corrected chi connectivity index (χ1v) is 11.9. The molecule has 0 saturated heterocycles. The smallest absolute Gasteiger partial charge is 0.341 e. The fraction of sp³-hybridized carbons (Fsp3) is 0.318. The standard InChI is InChI=1S/C22H24N4O5S2/c1-6-31-21(29)17-12(2)18(13(3)27)33-20(17)23-16(28)11-32-22-25-24-19(26(22)4)14-9-7-8-10-15(14)30-5/h7-10H,6,11H2,1-5H3,(H,23,28). The number of Topliss-reactive ketones (excluding diaryl/α,β-unsaturated/α-hetero) is 1. The van der Waals surface area contributed by atoms with Gasteiger partial charge in [0.25, 0.3) is 0 Å². The van der Waals surface area contributed by atoms with Gasteiger partial charge in [-0.25, -0.2) is 4.79 Å².